The summed E-state index contributed by atoms with van der Waals surface area (Å²) in [4.78, 5) is 17.2. The smallest absolute Gasteiger partial charge is 0.224 e. The first-order valence-electron chi connectivity index (χ1n) is 10.6. The Bertz CT molecular complexity index is 1200. The van der Waals surface area contributed by atoms with E-state index in [1.165, 1.54) is 0 Å². The Kier molecular flexibility index (Phi) is 6.68. The van der Waals surface area contributed by atoms with Gasteiger partial charge in [-0.1, -0.05) is 66.2 Å². The summed E-state index contributed by atoms with van der Waals surface area (Å²) in [5.41, 5.74) is 5.36. The van der Waals surface area contributed by atoms with Gasteiger partial charge in [-0.05, 0) is 48.2 Å². The van der Waals surface area contributed by atoms with E-state index in [0.717, 1.165) is 51.4 Å². The molecule has 0 aliphatic heterocycles. The first kappa shape index (κ1) is 21.1. The van der Waals surface area contributed by atoms with Gasteiger partial charge in [-0.2, -0.15) is 0 Å². The number of benzene rings is 3. The zero-order valence-corrected chi connectivity index (χ0v) is 18.4. The lowest BCUT2D eigenvalue weighted by Crippen LogP contribution is -2.26. The standard InChI is InChI=1S/C26H26ClN3O/c1-19-9-2-3-10-20(19)17-26(31)28-16-8-15-25-29-23-13-6-7-14-24(23)30(25)18-21-11-4-5-12-22(21)27/h2-7,9-14H,8,15-18H2,1H3,(H,28,31). The quantitative estimate of drug-likeness (QED) is 0.383. The third-order valence-electron chi connectivity index (χ3n) is 5.53. The van der Waals surface area contributed by atoms with E-state index in [9.17, 15) is 4.79 Å². The second kappa shape index (κ2) is 9.80. The zero-order valence-electron chi connectivity index (χ0n) is 17.6. The molecule has 0 aliphatic carbocycles. The lowest BCUT2D eigenvalue weighted by Gasteiger charge is -2.11. The van der Waals surface area contributed by atoms with Gasteiger partial charge in [0.15, 0.2) is 0 Å². The van der Waals surface area contributed by atoms with E-state index >= 15 is 0 Å². The molecule has 1 heterocycles. The molecule has 3 aromatic carbocycles. The Morgan fingerprint density at radius 2 is 1.68 bits per heavy atom. The third-order valence-corrected chi connectivity index (χ3v) is 5.90. The van der Waals surface area contributed by atoms with Crippen LogP contribution in [-0.4, -0.2) is 22.0 Å². The highest BCUT2D eigenvalue weighted by Crippen LogP contribution is 2.22. The summed E-state index contributed by atoms with van der Waals surface area (Å²) in [6.45, 7) is 3.33. The molecule has 4 rings (SSSR count). The molecule has 1 N–H and O–H groups in total. The average Bonchev–Trinajstić information content (AvgIpc) is 3.12. The van der Waals surface area contributed by atoms with E-state index in [1.807, 2.05) is 73.7 Å². The van der Waals surface area contributed by atoms with Crippen LogP contribution in [0.15, 0.2) is 72.8 Å². The molecule has 0 atom stereocenters. The topological polar surface area (TPSA) is 46.9 Å². The van der Waals surface area contributed by atoms with Crippen molar-refractivity contribution in [2.24, 2.45) is 0 Å². The van der Waals surface area contributed by atoms with Crippen LogP contribution in [0.4, 0.5) is 0 Å². The molecule has 4 nitrogen and oxygen atoms in total. The van der Waals surface area contributed by atoms with Crippen molar-refractivity contribution in [3.05, 3.63) is 100 Å². The number of hydrogen-bond donors (Lipinski definition) is 1. The molecule has 0 unspecified atom stereocenters. The normalized spacial score (nSPS) is 11.0. The molecule has 0 saturated carbocycles. The molecule has 0 aliphatic rings. The zero-order chi connectivity index (χ0) is 21.6. The molecule has 1 amide bonds. The SMILES string of the molecule is Cc1ccccc1CC(=O)NCCCc1nc2ccccc2n1Cc1ccccc1Cl. The molecule has 0 saturated heterocycles. The van der Waals surface area contributed by atoms with Crippen LogP contribution in [0.1, 0.15) is 28.9 Å². The van der Waals surface area contributed by atoms with E-state index in [4.69, 9.17) is 16.6 Å². The predicted molar refractivity (Wildman–Crippen MR) is 127 cm³/mol. The number of amides is 1. The first-order chi connectivity index (χ1) is 15.1. The van der Waals surface area contributed by atoms with Crippen LogP contribution < -0.4 is 5.32 Å². The molecule has 0 spiro atoms. The van der Waals surface area contributed by atoms with Crippen LogP contribution in [0, 0.1) is 6.92 Å². The number of carbonyl (C=O) groups excluding carboxylic acids is 1. The van der Waals surface area contributed by atoms with Crippen LogP contribution in [0.5, 0.6) is 0 Å². The van der Waals surface area contributed by atoms with Crippen molar-refractivity contribution in [1.29, 1.82) is 0 Å². The fourth-order valence-corrected chi connectivity index (χ4v) is 4.00. The maximum absolute atomic E-state index is 12.3. The van der Waals surface area contributed by atoms with E-state index in [0.29, 0.717) is 19.5 Å². The van der Waals surface area contributed by atoms with Gasteiger partial charge >= 0.3 is 0 Å². The van der Waals surface area contributed by atoms with Crippen LogP contribution in [-0.2, 0) is 24.2 Å². The molecule has 31 heavy (non-hydrogen) atoms. The molecule has 158 valence electrons. The largest absolute Gasteiger partial charge is 0.356 e. The highest BCUT2D eigenvalue weighted by molar-refractivity contribution is 6.31. The van der Waals surface area contributed by atoms with Crippen molar-refractivity contribution in [1.82, 2.24) is 14.9 Å². The minimum absolute atomic E-state index is 0.0545. The first-order valence-corrected chi connectivity index (χ1v) is 11.0. The Balaban J connectivity index is 1.41. The molecular formula is C26H26ClN3O. The number of nitrogens with one attached hydrogen (secondary N) is 1. The molecular weight excluding hydrogens is 406 g/mol. The van der Waals surface area contributed by atoms with Crippen molar-refractivity contribution < 1.29 is 4.79 Å². The highest BCUT2D eigenvalue weighted by Gasteiger charge is 2.12. The lowest BCUT2D eigenvalue weighted by molar-refractivity contribution is -0.120. The summed E-state index contributed by atoms with van der Waals surface area (Å²) >= 11 is 6.40. The van der Waals surface area contributed by atoms with Crippen molar-refractivity contribution in [3.63, 3.8) is 0 Å². The van der Waals surface area contributed by atoms with E-state index in [-0.39, 0.29) is 5.91 Å². The third kappa shape index (κ3) is 5.15. The van der Waals surface area contributed by atoms with E-state index < -0.39 is 0 Å². The number of aryl methyl sites for hydroxylation is 2. The Morgan fingerprint density at radius 3 is 2.48 bits per heavy atom. The van der Waals surface area contributed by atoms with Crippen LogP contribution in [0.3, 0.4) is 0 Å². The van der Waals surface area contributed by atoms with Gasteiger partial charge < -0.3 is 9.88 Å². The fraction of sp³-hybridized carbons (Fsp3) is 0.231. The number of imidazole rings is 1. The van der Waals surface area contributed by atoms with Gasteiger partial charge in [0.05, 0.1) is 24.0 Å². The summed E-state index contributed by atoms with van der Waals surface area (Å²) in [5.74, 6) is 1.06. The van der Waals surface area contributed by atoms with Gasteiger partial charge in [-0.25, -0.2) is 4.98 Å². The van der Waals surface area contributed by atoms with Crippen molar-refractivity contribution >= 4 is 28.5 Å². The molecule has 1 aromatic heterocycles. The number of fused-ring (bicyclic) bond motifs is 1. The van der Waals surface area contributed by atoms with Gasteiger partial charge in [0.2, 0.25) is 5.91 Å². The summed E-state index contributed by atoms with van der Waals surface area (Å²) in [7, 11) is 0. The number of halogens is 1. The average molecular weight is 432 g/mol. The van der Waals surface area contributed by atoms with Crippen LogP contribution >= 0.6 is 11.6 Å². The van der Waals surface area contributed by atoms with Crippen LogP contribution in [0.25, 0.3) is 11.0 Å². The Morgan fingerprint density at radius 1 is 0.968 bits per heavy atom. The Hall–Kier alpha value is -3.11. The van der Waals surface area contributed by atoms with Crippen molar-refractivity contribution in [2.45, 2.75) is 32.7 Å². The number of aromatic nitrogens is 2. The molecule has 0 fully saturated rings. The molecule has 4 aromatic rings. The van der Waals surface area contributed by atoms with E-state index in [1.54, 1.807) is 0 Å². The molecule has 0 radical (unpaired) electrons. The summed E-state index contributed by atoms with van der Waals surface area (Å²) in [6.07, 6.45) is 2.02. The lowest BCUT2D eigenvalue weighted by atomic mass is 10.1. The fourth-order valence-electron chi connectivity index (χ4n) is 3.81. The number of nitrogens with zero attached hydrogens (tertiary/aromatic N) is 2. The van der Waals surface area contributed by atoms with E-state index in [2.05, 4.69) is 16.0 Å². The maximum atomic E-state index is 12.3. The summed E-state index contributed by atoms with van der Waals surface area (Å²) < 4.78 is 2.23. The maximum Gasteiger partial charge on any atom is 0.224 e. The van der Waals surface area contributed by atoms with Gasteiger partial charge in [-0.3, -0.25) is 4.79 Å². The van der Waals surface area contributed by atoms with Gasteiger partial charge in [0.25, 0.3) is 0 Å². The van der Waals surface area contributed by atoms with Crippen molar-refractivity contribution in [2.75, 3.05) is 6.54 Å². The Labute approximate surface area is 187 Å². The summed E-state index contributed by atoms with van der Waals surface area (Å²) in [5, 5.41) is 3.80. The van der Waals surface area contributed by atoms with Gasteiger partial charge in [0.1, 0.15) is 5.82 Å². The number of carbonyl (C=O) groups is 1. The van der Waals surface area contributed by atoms with Crippen LogP contribution in [0.2, 0.25) is 5.02 Å². The second-order valence-electron chi connectivity index (χ2n) is 7.75. The second-order valence-corrected chi connectivity index (χ2v) is 8.16. The minimum atomic E-state index is 0.0545. The van der Waals surface area contributed by atoms with Gasteiger partial charge in [0, 0.05) is 18.0 Å². The minimum Gasteiger partial charge on any atom is -0.356 e. The van der Waals surface area contributed by atoms with Gasteiger partial charge in [-0.15, -0.1) is 0 Å². The summed E-state index contributed by atoms with van der Waals surface area (Å²) in [6, 6.07) is 24.1. The van der Waals surface area contributed by atoms with Crippen molar-refractivity contribution in [3.8, 4) is 0 Å². The highest BCUT2D eigenvalue weighted by atomic mass is 35.5. The molecule has 0 bridgehead atoms. The number of rotatable bonds is 8. The molecule has 5 heteroatoms. The number of hydrogen-bond acceptors (Lipinski definition) is 2. The number of para-hydroxylation sites is 2. The monoisotopic (exact) mass is 431 g/mol. The predicted octanol–water partition coefficient (Wildman–Crippen LogP) is 5.34.